The van der Waals surface area contributed by atoms with Crippen LogP contribution in [0.5, 0.6) is 0 Å². The minimum Gasteiger partial charge on any atom is -0.314 e. The fourth-order valence-electron chi connectivity index (χ4n) is 1.53. The molecule has 0 rings (SSSR count). The summed E-state index contributed by atoms with van der Waals surface area (Å²) in [6.45, 7) is 8.03. The van der Waals surface area contributed by atoms with Gasteiger partial charge in [0.05, 0.1) is 0 Å². The predicted octanol–water partition coefficient (Wildman–Crippen LogP) is 3.74. The first kappa shape index (κ1) is 13.0. The summed E-state index contributed by atoms with van der Waals surface area (Å²) < 4.78 is 0. The van der Waals surface area contributed by atoms with Crippen molar-refractivity contribution in [2.75, 3.05) is 6.54 Å². The molecule has 0 bridgehead atoms. The van der Waals surface area contributed by atoms with E-state index in [2.05, 4.69) is 26.1 Å². The van der Waals surface area contributed by atoms with Crippen molar-refractivity contribution in [3.8, 4) is 0 Å². The molecule has 0 heterocycles. The molecule has 0 aliphatic carbocycles. The van der Waals surface area contributed by atoms with Gasteiger partial charge in [-0.05, 0) is 26.3 Å². The van der Waals surface area contributed by atoms with Gasteiger partial charge >= 0.3 is 0 Å². The zero-order chi connectivity index (χ0) is 9.94. The molecule has 0 saturated carbocycles. The summed E-state index contributed by atoms with van der Waals surface area (Å²) in [5.41, 5.74) is 0. The van der Waals surface area contributed by atoms with E-state index in [0.29, 0.717) is 0 Å². The van der Waals surface area contributed by atoms with Gasteiger partial charge < -0.3 is 5.32 Å². The van der Waals surface area contributed by atoms with Gasteiger partial charge in [-0.1, -0.05) is 46.0 Å². The van der Waals surface area contributed by atoms with Gasteiger partial charge in [0.1, 0.15) is 0 Å². The molecule has 0 saturated heterocycles. The lowest BCUT2D eigenvalue weighted by molar-refractivity contribution is 0.477. The molecule has 0 spiro atoms. The summed E-state index contributed by atoms with van der Waals surface area (Å²) in [5.74, 6) is 0. The van der Waals surface area contributed by atoms with Gasteiger partial charge in [-0.2, -0.15) is 0 Å². The lowest BCUT2D eigenvalue weighted by Crippen LogP contribution is -2.26. The molecule has 0 aliphatic heterocycles. The molecule has 1 atom stereocenters. The Morgan fingerprint density at radius 3 is 2.15 bits per heavy atom. The Morgan fingerprint density at radius 1 is 0.923 bits per heavy atom. The maximum Gasteiger partial charge on any atom is 0.00387 e. The van der Waals surface area contributed by atoms with Gasteiger partial charge in [0, 0.05) is 6.04 Å². The molecule has 0 radical (unpaired) electrons. The SMILES string of the molecule is CCCCCNC(C)CCCCC. The van der Waals surface area contributed by atoms with E-state index in [1.807, 2.05) is 0 Å². The van der Waals surface area contributed by atoms with Crippen LogP contribution in [0.15, 0.2) is 0 Å². The Kier molecular flexibility index (Phi) is 10.0. The molecule has 1 N–H and O–H groups in total. The standard InChI is InChI=1S/C12H27N/c1-4-6-8-10-12(3)13-11-9-7-5-2/h12-13H,4-11H2,1-3H3. The summed E-state index contributed by atoms with van der Waals surface area (Å²) in [6, 6.07) is 0.725. The highest BCUT2D eigenvalue weighted by molar-refractivity contribution is 4.60. The Hall–Kier alpha value is -0.0400. The minimum atomic E-state index is 0.725. The van der Waals surface area contributed by atoms with E-state index in [1.54, 1.807) is 0 Å². The number of hydrogen-bond donors (Lipinski definition) is 1. The molecule has 1 nitrogen and oxygen atoms in total. The lowest BCUT2D eigenvalue weighted by atomic mass is 10.1. The summed E-state index contributed by atoms with van der Waals surface area (Å²) in [5, 5.41) is 3.58. The van der Waals surface area contributed by atoms with Crippen LogP contribution in [0.3, 0.4) is 0 Å². The van der Waals surface area contributed by atoms with Crippen LogP contribution >= 0.6 is 0 Å². The van der Waals surface area contributed by atoms with Crippen molar-refractivity contribution in [1.82, 2.24) is 5.32 Å². The minimum absolute atomic E-state index is 0.725. The van der Waals surface area contributed by atoms with Gasteiger partial charge in [-0.3, -0.25) is 0 Å². The number of nitrogens with one attached hydrogen (secondary N) is 1. The van der Waals surface area contributed by atoms with E-state index in [0.717, 1.165) is 6.04 Å². The molecule has 0 amide bonds. The third-order valence-corrected chi connectivity index (χ3v) is 2.51. The van der Waals surface area contributed by atoms with Crippen molar-refractivity contribution in [3.63, 3.8) is 0 Å². The average Bonchev–Trinajstić information content (AvgIpc) is 2.13. The topological polar surface area (TPSA) is 12.0 Å². The first-order chi connectivity index (χ1) is 6.31. The van der Waals surface area contributed by atoms with Crippen LogP contribution in [0.25, 0.3) is 0 Å². The van der Waals surface area contributed by atoms with Crippen molar-refractivity contribution in [3.05, 3.63) is 0 Å². The molecule has 0 aliphatic rings. The normalized spacial score (nSPS) is 13.2. The van der Waals surface area contributed by atoms with Gasteiger partial charge in [0.25, 0.3) is 0 Å². The molecule has 0 aromatic carbocycles. The molecule has 0 aromatic rings. The molecule has 0 aromatic heterocycles. The van der Waals surface area contributed by atoms with Crippen molar-refractivity contribution >= 4 is 0 Å². The van der Waals surface area contributed by atoms with Crippen LogP contribution < -0.4 is 5.32 Å². The van der Waals surface area contributed by atoms with Crippen LogP contribution in [-0.2, 0) is 0 Å². The highest BCUT2D eigenvalue weighted by Gasteiger charge is 1.99. The Balaban J connectivity index is 3.05. The van der Waals surface area contributed by atoms with Crippen molar-refractivity contribution in [2.45, 2.75) is 71.8 Å². The van der Waals surface area contributed by atoms with Gasteiger partial charge in [0.2, 0.25) is 0 Å². The number of hydrogen-bond acceptors (Lipinski definition) is 1. The molecule has 0 fully saturated rings. The maximum atomic E-state index is 3.58. The summed E-state index contributed by atoms with van der Waals surface area (Å²) in [4.78, 5) is 0. The van der Waals surface area contributed by atoms with E-state index in [1.165, 1.54) is 51.5 Å². The Morgan fingerprint density at radius 2 is 1.54 bits per heavy atom. The van der Waals surface area contributed by atoms with Gasteiger partial charge in [0.15, 0.2) is 0 Å². The predicted molar refractivity (Wildman–Crippen MR) is 61.1 cm³/mol. The average molecular weight is 185 g/mol. The zero-order valence-corrected chi connectivity index (χ0v) is 9.73. The zero-order valence-electron chi connectivity index (χ0n) is 9.73. The van der Waals surface area contributed by atoms with Crippen LogP contribution in [0, 0.1) is 0 Å². The van der Waals surface area contributed by atoms with E-state index < -0.39 is 0 Å². The third-order valence-electron chi connectivity index (χ3n) is 2.51. The Labute approximate surface area is 84.3 Å². The summed E-state index contributed by atoms with van der Waals surface area (Å²) in [6.07, 6.45) is 9.50. The van der Waals surface area contributed by atoms with Gasteiger partial charge in [-0.15, -0.1) is 0 Å². The van der Waals surface area contributed by atoms with Crippen LogP contribution in [0.1, 0.15) is 65.7 Å². The number of rotatable bonds is 9. The maximum absolute atomic E-state index is 3.58. The third kappa shape index (κ3) is 9.88. The highest BCUT2D eigenvalue weighted by Crippen LogP contribution is 2.03. The van der Waals surface area contributed by atoms with E-state index in [4.69, 9.17) is 0 Å². The van der Waals surface area contributed by atoms with Crippen molar-refractivity contribution in [2.24, 2.45) is 0 Å². The molecular weight excluding hydrogens is 158 g/mol. The van der Waals surface area contributed by atoms with Crippen LogP contribution in [-0.4, -0.2) is 12.6 Å². The van der Waals surface area contributed by atoms with Crippen LogP contribution in [0.4, 0.5) is 0 Å². The molecule has 1 heteroatoms. The molecule has 1 unspecified atom stereocenters. The fourth-order valence-corrected chi connectivity index (χ4v) is 1.53. The number of unbranched alkanes of at least 4 members (excludes halogenated alkanes) is 4. The monoisotopic (exact) mass is 185 g/mol. The fraction of sp³-hybridized carbons (Fsp3) is 1.00. The molecular formula is C12H27N. The smallest absolute Gasteiger partial charge is 0.00387 e. The lowest BCUT2D eigenvalue weighted by Gasteiger charge is -2.12. The van der Waals surface area contributed by atoms with E-state index in [9.17, 15) is 0 Å². The van der Waals surface area contributed by atoms with E-state index in [-0.39, 0.29) is 0 Å². The van der Waals surface area contributed by atoms with Crippen molar-refractivity contribution in [1.29, 1.82) is 0 Å². The highest BCUT2D eigenvalue weighted by atomic mass is 14.9. The summed E-state index contributed by atoms with van der Waals surface area (Å²) in [7, 11) is 0. The van der Waals surface area contributed by atoms with Crippen molar-refractivity contribution < 1.29 is 0 Å². The quantitative estimate of drug-likeness (QED) is 0.540. The largest absolute Gasteiger partial charge is 0.314 e. The van der Waals surface area contributed by atoms with Crippen LogP contribution in [0.2, 0.25) is 0 Å². The first-order valence-corrected chi connectivity index (χ1v) is 6.04. The second-order valence-electron chi connectivity index (χ2n) is 4.06. The molecule has 13 heavy (non-hydrogen) atoms. The first-order valence-electron chi connectivity index (χ1n) is 6.04. The summed E-state index contributed by atoms with van der Waals surface area (Å²) >= 11 is 0. The second-order valence-corrected chi connectivity index (χ2v) is 4.06. The molecule has 80 valence electrons. The van der Waals surface area contributed by atoms with Gasteiger partial charge in [-0.25, -0.2) is 0 Å². The van der Waals surface area contributed by atoms with E-state index >= 15 is 0 Å². The Bertz CT molecular complexity index is 91.1. The second kappa shape index (κ2) is 10.0.